The molecule has 0 radical (unpaired) electrons. The number of rotatable bonds is 2. The van der Waals surface area contributed by atoms with Crippen molar-refractivity contribution in [3.8, 4) is 0 Å². The van der Waals surface area contributed by atoms with Crippen LogP contribution in [0.25, 0.3) is 0 Å². The highest BCUT2D eigenvalue weighted by Crippen LogP contribution is 2.20. The standard InChI is InChI=1S/C18H28N4O2/c1-13-6-4-8-21(11-13)17(23)15-10-16(20(3)19-15)18(24)22-9-5-7-14(2)12-22/h10,13-14H,4-9,11-12H2,1-3H3. The molecular weight excluding hydrogens is 304 g/mol. The molecule has 3 heterocycles. The van der Waals surface area contributed by atoms with E-state index < -0.39 is 0 Å². The second-order valence-electron chi connectivity index (χ2n) is 7.54. The Hall–Kier alpha value is -1.85. The van der Waals surface area contributed by atoms with Crippen LogP contribution in [0.1, 0.15) is 60.5 Å². The molecule has 1 aromatic rings. The molecule has 24 heavy (non-hydrogen) atoms. The molecule has 2 atom stereocenters. The third kappa shape index (κ3) is 3.47. The van der Waals surface area contributed by atoms with Gasteiger partial charge >= 0.3 is 0 Å². The zero-order chi connectivity index (χ0) is 17.3. The van der Waals surface area contributed by atoms with Gasteiger partial charge in [0.05, 0.1) is 0 Å². The SMILES string of the molecule is CC1CCCN(C(=O)c2cc(C(=O)N3CCCC(C)C3)n(C)n2)C1. The van der Waals surface area contributed by atoms with Gasteiger partial charge in [0, 0.05) is 39.3 Å². The number of hydrogen-bond acceptors (Lipinski definition) is 3. The number of amides is 2. The van der Waals surface area contributed by atoms with E-state index in [1.165, 1.54) is 12.8 Å². The number of nitrogens with zero attached hydrogens (tertiary/aromatic N) is 4. The summed E-state index contributed by atoms with van der Waals surface area (Å²) in [5.41, 5.74) is 0.900. The first-order valence-electron chi connectivity index (χ1n) is 9.08. The first kappa shape index (κ1) is 17.0. The van der Waals surface area contributed by atoms with Crippen molar-refractivity contribution in [1.29, 1.82) is 0 Å². The first-order chi connectivity index (χ1) is 11.5. The smallest absolute Gasteiger partial charge is 0.274 e. The second kappa shape index (κ2) is 6.95. The molecule has 2 saturated heterocycles. The monoisotopic (exact) mass is 332 g/mol. The molecule has 0 N–H and O–H groups in total. The van der Waals surface area contributed by atoms with Crippen LogP contribution in [0.2, 0.25) is 0 Å². The molecule has 2 amide bonds. The number of carbonyl (C=O) groups is 2. The minimum Gasteiger partial charge on any atom is -0.337 e. The maximum atomic E-state index is 12.8. The third-order valence-electron chi connectivity index (χ3n) is 5.21. The van der Waals surface area contributed by atoms with E-state index in [-0.39, 0.29) is 11.8 Å². The molecule has 0 aliphatic carbocycles. The van der Waals surface area contributed by atoms with E-state index in [9.17, 15) is 9.59 Å². The number of aromatic nitrogens is 2. The summed E-state index contributed by atoms with van der Waals surface area (Å²) in [6.45, 7) is 7.49. The Morgan fingerprint density at radius 1 is 1.00 bits per heavy atom. The van der Waals surface area contributed by atoms with E-state index in [1.54, 1.807) is 17.8 Å². The molecule has 2 unspecified atom stereocenters. The molecule has 3 rings (SSSR count). The summed E-state index contributed by atoms with van der Waals surface area (Å²) in [7, 11) is 1.75. The molecule has 132 valence electrons. The summed E-state index contributed by atoms with van der Waals surface area (Å²) in [6.07, 6.45) is 4.42. The Kier molecular flexibility index (Phi) is 4.92. The largest absolute Gasteiger partial charge is 0.337 e. The average molecular weight is 332 g/mol. The first-order valence-corrected chi connectivity index (χ1v) is 9.08. The van der Waals surface area contributed by atoms with E-state index in [0.29, 0.717) is 23.2 Å². The van der Waals surface area contributed by atoms with Gasteiger partial charge in [-0.1, -0.05) is 13.8 Å². The van der Waals surface area contributed by atoms with E-state index in [1.807, 2.05) is 9.80 Å². The Labute approximate surface area is 143 Å². The van der Waals surface area contributed by atoms with E-state index in [0.717, 1.165) is 39.0 Å². The molecule has 0 aromatic carbocycles. The van der Waals surface area contributed by atoms with Gasteiger partial charge in [0.2, 0.25) is 0 Å². The molecule has 0 spiro atoms. The quantitative estimate of drug-likeness (QED) is 0.834. The highest BCUT2D eigenvalue weighted by molar-refractivity contribution is 5.98. The Morgan fingerprint density at radius 2 is 1.54 bits per heavy atom. The molecule has 0 bridgehead atoms. The fourth-order valence-electron chi connectivity index (χ4n) is 3.84. The minimum absolute atomic E-state index is 0.0115. The van der Waals surface area contributed by atoms with Crippen molar-refractivity contribution in [2.75, 3.05) is 26.2 Å². The van der Waals surface area contributed by atoms with Crippen molar-refractivity contribution in [2.24, 2.45) is 18.9 Å². The van der Waals surface area contributed by atoms with Crippen molar-refractivity contribution in [2.45, 2.75) is 39.5 Å². The Morgan fingerprint density at radius 3 is 2.08 bits per heavy atom. The van der Waals surface area contributed by atoms with Gasteiger partial charge in [-0.05, 0) is 37.5 Å². The van der Waals surface area contributed by atoms with Crippen molar-refractivity contribution in [1.82, 2.24) is 19.6 Å². The number of likely N-dealkylation sites (tertiary alicyclic amines) is 2. The lowest BCUT2D eigenvalue weighted by Crippen LogP contribution is -2.40. The van der Waals surface area contributed by atoms with Gasteiger partial charge in [-0.25, -0.2) is 0 Å². The van der Waals surface area contributed by atoms with Crippen LogP contribution in [0.3, 0.4) is 0 Å². The van der Waals surface area contributed by atoms with Gasteiger partial charge in [-0.2, -0.15) is 5.10 Å². The minimum atomic E-state index is -0.0526. The summed E-state index contributed by atoms with van der Waals surface area (Å²) in [5.74, 6) is 1.00. The van der Waals surface area contributed by atoms with E-state index in [2.05, 4.69) is 18.9 Å². The molecule has 2 aliphatic rings. The summed E-state index contributed by atoms with van der Waals surface area (Å²) in [6, 6.07) is 1.67. The zero-order valence-electron chi connectivity index (χ0n) is 15.0. The number of aryl methyl sites for hydroxylation is 1. The number of carbonyl (C=O) groups excluding carboxylic acids is 2. The Balaban J connectivity index is 1.74. The molecular formula is C18H28N4O2. The summed E-state index contributed by atoms with van der Waals surface area (Å²) in [4.78, 5) is 29.2. The predicted octanol–water partition coefficient (Wildman–Crippen LogP) is 2.16. The summed E-state index contributed by atoms with van der Waals surface area (Å²) < 4.78 is 1.56. The lowest BCUT2D eigenvalue weighted by molar-refractivity contribution is 0.0668. The highest BCUT2D eigenvalue weighted by Gasteiger charge is 2.28. The van der Waals surface area contributed by atoms with Crippen LogP contribution < -0.4 is 0 Å². The van der Waals surface area contributed by atoms with E-state index >= 15 is 0 Å². The van der Waals surface area contributed by atoms with Gasteiger partial charge in [-0.15, -0.1) is 0 Å². The number of piperidine rings is 2. The molecule has 1 aromatic heterocycles. The van der Waals surface area contributed by atoms with Crippen LogP contribution in [-0.4, -0.2) is 57.6 Å². The van der Waals surface area contributed by atoms with Gasteiger partial charge in [-0.3, -0.25) is 14.3 Å². The second-order valence-corrected chi connectivity index (χ2v) is 7.54. The van der Waals surface area contributed by atoms with Crippen molar-refractivity contribution in [3.63, 3.8) is 0 Å². The van der Waals surface area contributed by atoms with Gasteiger partial charge in [0.25, 0.3) is 11.8 Å². The molecule has 6 heteroatoms. The Bertz CT molecular complexity index is 625. The summed E-state index contributed by atoms with van der Waals surface area (Å²) >= 11 is 0. The van der Waals surface area contributed by atoms with Crippen LogP contribution in [0.15, 0.2) is 6.07 Å². The van der Waals surface area contributed by atoms with Crippen LogP contribution in [0, 0.1) is 11.8 Å². The maximum absolute atomic E-state index is 12.8. The number of hydrogen-bond donors (Lipinski definition) is 0. The van der Waals surface area contributed by atoms with Crippen LogP contribution in [0.5, 0.6) is 0 Å². The molecule has 0 saturated carbocycles. The fraction of sp³-hybridized carbons (Fsp3) is 0.722. The average Bonchev–Trinajstić information content (AvgIpc) is 2.95. The highest BCUT2D eigenvalue weighted by atomic mass is 16.2. The molecule has 2 aliphatic heterocycles. The van der Waals surface area contributed by atoms with Crippen LogP contribution in [0.4, 0.5) is 0 Å². The molecule has 2 fully saturated rings. The zero-order valence-corrected chi connectivity index (χ0v) is 15.0. The fourth-order valence-corrected chi connectivity index (χ4v) is 3.84. The normalized spacial score (nSPS) is 25.0. The van der Waals surface area contributed by atoms with Gasteiger partial charge in [0.1, 0.15) is 5.69 Å². The lowest BCUT2D eigenvalue weighted by Gasteiger charge is -2.30. The predicted molar refractivity (Wildman–Crippen MR) is 91.8 cm³/mol. The van der Waals surface area contributed by atoms with Crippen molar-refractivity contribution >= 4 is 11.8 Å². The van der Waals surface area contributed by atoms with Crippen LogP contribution in [-0.2, 0) is 7.05 Å². The van der Waals surface area contributed by atoms with Crippen molar-refractivity contribution in [3.05, 3.63) is 17.5 Å². The van der Waals surface area contributed by atoms with Crippen molar-refractivity contribution < 1.29 is 9.59 Å². The summed E-state index contributed by atoms with van der Waals surface area (Å²) in [5, 5.41) is 4.32. The van der Waals surface area contributed by atoms with E-state index in [4.69, 9.17) is 0 Å². The topological polar surface area (TPSA) is 58.4 Å². The van der Waals surface area contributed by atoms with Gasteiger partial charge < -0.3 is 9.80 Å². The lowest BCUT2D eigenvalue weighted by atomic mass is 10.00. The van der Waals surface area contributed by atoms with Gasteiger partial charge in [0.15, 0.2) is 5.69 Å². The third-order valence-corrected chi connectivity index (χ3v) is 5.21. The molecule has 6 nitrogen and oxygen atoms in total. The van der Waals surface area contributed by atoms with Crippen LogP contribution >= 0.6 is 0 Å². The maximum Gasteiger partial charge on any atom is 0.274 e.